The number of nitrogens with two attached hydrogens (primary N) is 1. The Hall–Kier alpha value is -1.95. The second kappa shape index (κ2) is 4.73. The molecule has 0 atom stereocenters. The number of carbonyl (C=O) groups is 1. The number of amides is 1. The van der Waals surface area contributed by atoms with Gasteiger partial charge in [-0.1, -0.05) is 18.2 Å². The van der Waals surface area contributed by atoms with Gasteiger partial charge >= 0.3 is 0 Å². The van der Waals surface area contributed by atoms with Crippen LogP contribution in [0.4, 0.5) is 8.78 Å². The van der Waals surface area contributed by atoms with E-state index < -0.39 is 24.9 Å². The average molecular weight is 253 g/mol. The molecule has 4 nitrogen and oxygen atoms in total. The van der Waals surface area contributed by atoms with Crippen LogP contribution in [0, 0.1) is 0 Å². The molecule has 1 aromatic carbocycles. The van der Waals surface area contributed by atoms with Crippen LogP contribution >= 0.6 is 0 Å². The standard InChI is InChI=1S/C12H13F2N3O/c13-12(14,6-15)7-16-11(18)10-5-8-3-1-2-4-9(8)17-10/h1-5,17H,6-7,15H2,(H,16,18). The first kappa shape index (κ1) is 12.5. The van der Waals surface area contributed by atoms with E-state index in [4.69, 9.17) is 5.73 Å². The minimum atomic E-state index is -3.08. The van der Waals surface area contributed by atoms with Crippen LogP contribution in [0.5, 0.6) is 0 Å². The molecule has 0 aliphatic carbocycles. The molecule has 0 aliphatic rings. The minimum Gasteiger partial charge on any atom is -0.351 e. The molecule has 0 saturated carbocycles. The zero-order chi connectivity index (χ0) is 13.2. The highest BCUT2D eigenvalue weighted by Gasteiger charge is 2.27. The molecule has 0 aliphatic heterocycles. The molecular formula is C12H13F2N3O. The molecule has 0 fully saturated rings. The number of benzene rings is 1. The molecule has 4 N–H and O–H groups in total. The molecule has 0 spiro atoms. The van der Waals surface area contributed by atoms with Crippen LogP contribution < -0.4 is 11.1 Å². The number of alkyl halides is 2. The predicted molar refractivity (Wildman–Crippen MR) is 64.6 cm³/mol. The third-order valence-corrected chi connectivity index (χ3v) is 2.58. The van der Waals surface area contributed by atoms with Gasteiger partial charge in [0.2, 0.25) is 0 Å². The summed E-state index contributed by atoms with van der Waals surface area (Å²) in [5.74, 6) is -3.65. The van der Waals surface area contributed by atoms with Gasteiger partial charge in [-0.3, -0.25) is 4.79 Å². The van der Waals surface area contributed by atoms with Gasteiger partial charge in [0.15, 0.2) is 0 Å². The summed E-state index contributed by atoms with van der Waals surface area (Å²) in [5.41, 5.74) is 5.92. The molecule has 18 heavy (non-hydrogen) atoms. The Bertz CT molecular complexity index is 532. The number of aromatic nitrogens is 1. The molecule has 0 bridgehead atoms. The van der Waals surface area contributed by atoms with Gasteiger partial charge in [0.05, 0.1) is 13.1 Å². The van der Waals surface area contributed by atoms with E-state index in [9.17, 15) is 13.6 Å². The van der Waals surface area contributed by atoms with Crippen LogP contribution in [0.2, 0.25) is 0 Å². The summed E-state index contributed by atoms with van der Waals surface area (Å²) >= 11 is 0. The summed E-state index contributed by atoms with van der Waals surface area (Å²) in [6.45, 7) is -1.56. The van der Waals surface area contributed by atoms with E-state index in [1.807, 2.05) is 18.2 Å². The topological polar surface area (TPSA) is 70.9 Å². The van der Waals surface area contributed by atoms with E-state index >= 15 is 0 Å². The number of H-pyrrole nitrogens is 1. The fourth-order valence-electron chi connectivity index (χ4n) is 1.57. The van der Waals surface area contributed by atoms with E-state index in [1.54, 1.807) is 12.1 Å². The fraction of sp³-hybridized carbons (Fsp3) is 0.250. The van der Waals surface area contributed by atoms with Gasteiger partial charge in [0.1, 0.15) is 5.69 Å². The lowest BCUT2D eigenvalue weighted by Crippen LogP contribution is -2.41. The third kappa shape index (κ3) is 2.65. The maximum atomic E-state index is 12.9. The van der Waals surface area contributed by atoms with E-state index in [0.717, 1.165) is 10.9 Å². The monoisotopic (exact) mass is 253 g/mol. The Balaban J connectivity index is 2.09. The second-order valence-electron chi connectivity index (χ2n) is 4.01. The SMILES string of the molecule is NCC(F)(F)CNC(=O)c1cc2ccccc2[nH]1. The quantitative estimate of drug-likeness (QED) is 0.772. The highest BCUT2D eigenvalue weighted by Crippen LogP contribution is 2.15. The minimum absolute atomic E-state index is 0.254. The maximum Gasteiger partial charge on any atom is 0.277 e. The zero-order valence-corrected chi connectivity index (χ0v) is 9.54. The number of carbonyl (C=O) groups excluding carboxylic acids is 1. The molecule has 96 valence electrons. The molecular weight excluding hydrogens is 240 g/mol. The van der Waals surface area contributed by atoms with Crippen molar-refractivity contribution in [3.63, 3.8) is 0 Å². The lowest BCUT2D eigenvalue weighted by atomic mass is 10.2. The molecule has 1 amide bonds. The Labute approximate surface area is 102 Å². The van der Waals surface area contributed by atoms with Gasteiger partial charge in [-0.15, -0.1) is 0 Å². The normalized spacial score (nSPS) is 11.7. The number of hydrogen-bond donors (Lipinski definition) is 3. The van der Waals surface area contributed by atoms with E-state index in [2.05, 4.69) is 10.3 Å². The van der Waals surface area contributed by atoms with E-state index in [-0.39, 0.29) is 5.69 Å². The van der Waals surface area contributed by atoms with Crippen LogP contribution in [0.15, 0.2) is 30.3 Å². The van der Waals surface area contributed by atoms with Crippen LogP contribution in [0.3, 0.4) is 0 Å². The largest absolute Gasteiger partial charge is 0.351 e. The third-order valence-electron chi connectivity index (χ3n) is 2.58. The van der Waals surface area contributed by atoms with Crippen LogP contribution in [0.25, 0.3) is 10.9 Å². The van der Waals surface area contributed by atoms with Crippen molar-refractivity contribution in [3.05, 3.63) is 36.0 Å². The molecule has 2 aromatic rings. The van der Waals surface area contributed by atoms with Crippen molar-refractivity contribution < 1.29 is 13.6 Å². The summed E-state index contributed by atoms with van der Waals surface area (Å²) in [5, 5.41) is 3.01. The van der Waals surface area contributed by atoms with Crippen LogP contribution in [0.1, 0.15) is 10.5 Å². The van der Waals surface area contributed by atoms with Gasteiger partial charge in [-0.25, -0.2) is 8.78 Å². The number of aromatic amines is 1. The Kier molecular flexibility index (Phi) is 3.29. The molecule has 0 unspecified atom stereocenters. The highest BCUT2D eigenvalue weighted by molar-refractivity contribution is 5.97. The maximum absolute atomic E-state index is 12.9. The molecule has 2 rings (SSSR count). The molecule has 0 saturated heterocycles. The Morgan fingerprint density at radius 2 is 2.11 bits per heavy atom. The van der Waals surface area contributed by atoms with Crippen molar-refractivity contribution in [2.24, 2.45) is 5.73 Å². The number of para-hydroxylation sites is 1. The highest BCUT2D eigenvalue weighted by atomic mass is 19.3. The lowest BCUT2D eigenvalue weighted by molar-refractivity contribution is 0.0118. The molecule has 1 heterocycles. The lowest BCUT2D eigenvalue weighted by Gasteiger charge is -2.13. The van der Waals surface area contributed by atoms with E-state index in [0.29, 0.717) is 0 Å². The molecule has 6 heteroatoms. The second-order valence-corrected chi connectivity index (χ2v) is 4.01. The average Bonchev–Trinajstić information content (AvgIpc) is 2.80. The predicted octanol–water partition coefficient (Wildman–Crippen LogP) is 1.49. The Morgan fingerprint density at radius 3 is 2.78 bits per heavy atom. The van der Waals surface area contributed by atoms with Gasteiger partial charge in [-0.2, -0.15) is 0 Å². The zero-order valence-electron chi connectivity index (χ0n) is 9.54. The van der Waals surface area contributed by atoms with Gasteiger partial charge in [0, 0.05) is 10.9 Å². The summed E-state index contributed by atoms with van der Waals surface area (Å²) in [6.07, 6.45) is 0. The van der Waals surface area contributed by atoms with Gasteiger partial charge in [-0.05, 0) is 12.1 Å². The summed E-state index contributed by atoms with van der Waals surface area (Å²) < 4.78 is 25.8. The summed E-state index contributed by atoms with van der Waals surface area (Å²) in [4.78, 5) is 14.5. The number of fused-ring (bicyclic) bond motifs is 1. The number of hydrogen-bond acceptors (Lipinski definition) is 2. The van der Waals surface area contributed by atoms with Crippen molar-refractivity contribution in [2.45, 2.75) is 5.92 Å². The molecule has 1 aromatic heterocycles. The smallest absolute Gasteiger partial charge is 0.277 e. The van der Waals surface area contributed by atoms with Crippen LogP contribution in [-0.4, -0.2) is 29.9 Å². The molecule has 0 radical (unpaired) electrons. The summed E-state index contributed by atoms with van der Waals surface area (Å²) in [7, 11) is 0. The first-order valence-corrected chi connectivity index (χ1v) is 5.46. The Morgan fingerprint density at radius 1 is 1.39 bits per heavy atom. The first-order valence-electron chi connectivity index (χ1n) is 5.46. The number of rotatable bonds is 4. The van der Waals surface area contributed by atoms with E-state index in [1.165, 1.54) is 0 Å². The van der Waals surface area contributed by atoms with Crippen molar-refractivity contribution in [2.75, 3.05) is 13.1 Å². The fourth-order valence-corrected chi connectivity index (χ4v) is 1.57. The number of nitrogens with one attached hydrogen (secondary N) is 2. The van der Waals surface area contributed by atoms with Crippen molar-refractivity contribution in [3.8, 4) is 0 Å². The van der Waals surface area contributed by atoms with Crippen molar-refractivity contribution >= 4 is 16.8 Å². The first-order chi connectivity index (χ1) is 8.52. The van der Waals surface area contributed by atoms with Crippen molar-refractivity contribution in [1.29, 1.82) is 0 Å². The summed E-state index contributed by atoms with van der Waals surface area (Å²) in [6, 6.07) is 8.91. The number of halogens is 2. The van der Waals surface area contributed by atoms with Gasteiger partial charge < -0.3 is 16.0 Å². The van der Waals surface area contributed by atoms with Crippen molar-refractivity contribution in [1.82, 2.24) is 10.3 Å². The van der Waals surface area contributed by atoms with Crippen LogP contribution in [-0.2, 0) is 0 Å². The van der Waals surface area contributed by atoms with Gasteiger partial charge in [0.25, 0.3) is 11.8 Å².